The number of nitrogens with one attached hydrogen (secondary N) is 1. The number of hydrogen-bond acceptors (Lipinski definition) is 4. The normalized spacial score (nSPS) is 10.5. The van der Waals surface area contributed by atoms with Crippen LogP contribution in [0.3, 0.4) is 0 Å². The zero-order valence-electron chi connectivity index (χ0n) is 12.5. The SMILES string of the molecule is [O-][Cl+3]([O-])([O-])[O-].c1cc[n+]2ccccc2c1.c1ccc2[nH]ccc2c1. The molecule has 0 unspecified atom stereocenters. The van der Waals surface area contributed by atoms with E-state index in [9.17, 15) is 0 Å². The smallest absolute Gasteiger partial charge is 0.210 e. The molecule has 0 amide bonds. The summed E-state index contributed by atoms with van der Waals surface area (Å²) in [6, 6.07) is 22.6. The molecule has 0 aliphatic rings. The molecule has 0 aliphatic carbocycles. The van der Waals surface area contributed by atoms with E-state index in [1.165, 1.54) is 16.4 Å². The predicted molar refractivity (Wildman–Crippen MR) is 77.9 cm³/mol. The highest BCUT2D eigenvalue weighted by atomic mass is 35.7. The summed E-state index contributed by atoms with van der Waals surface area (Å²) < 4.78 is 36.1. The van der Waals surface area contributed by atoms with Crippen LogP contribution < -0.4 is 23.0 Å². The fraction of sp³-hybridized carbons (Fsp3) is 0. The van der Waals surface area contributed by atoms with Crippen LogP contribution >= 0.6 is 0 Å². The van der Waals surface area contributed by atoms with E-state index in [0.717, 1.165) is 0 Å². The number of hydrogen-bond donors (Lipinski definition) is 1. The van der Waals surface area contributed by atoms with Crippen molar-refractivity contribution in [2.24, 2.45) is 0 Å². The highest BCUT2D eigenvalue weighted by Crippen LogP contribution is 2.09. The highest BCUT2D eigenvalue weighted by molar-refractivity contribution is 5.78. The Hall–Kier alpha value is -2.48. The molecule has 1 aromatic carbocycles. The van der Waals surface area contributed by atoms with Crippen LogP contribution in [0.5, 0.6) is 0 Å². The zero-order valence-corrected chi connectivity index (χ0v) is 13.3. The zero-order chi connectivity index (χ0) is 17.4. The number of nitrogens with zero attached hydrogens (tertiary/aromatic N) is 1. The molecule has 0 saturated carbocycles. The van der Waals surface area contributed by atoms with Crippen molar-refractivity contribution in [3.8, 4) is 0 Å². The first-order valence-corrected chi connectivity index (χ1v) is 8.16. The van der Waals surface area contributed by atoms with Crippen molar-refractivity contribution in [3.63, 3.8) is 0 Å². The molecule has 3 heterocycles. The van der Waals surface area contributed by atoms with Crippen LogP contribution in [-0.2, 0) is 0 Å². The number of pyridine rings is 2. The van der Waals surface area contributed by atoms with Crippen LogP contribution in [0.4, 0.5) is 0 Å². The van der Waals surface area contributed by atoms with Crippen LogP contribution in [0.15, 0.2) is 85.3 Å². The second-order valence-corrected chi connectivity index (χ2v) is 5.43. The maximum absolute atomic E-state index is 8.49. The maximum atomic E-state index is 8.49. The minimum Gasteiger partial charge on any atom is -0.361 e. The third-order valence-electron chi connectivity index (χ3n) is 3.01. The van der Waals surface area contributed by atoms with Crippen LogP contribution in [-0.4, -0.2) is 4.98 Å². The average Bonchev–Trinajstić information content (AvgIpc) is 3.03. The molecular formula is C17H15ClN2O4. The summed E-state index contributed by atoms with van der Waals surface area (Å²) in [5.41, 5.74) is 2.43. The second kappa shape index (κ2) is 8.39. The Morgan fingerprint density at radius 3 is 1.79 bits per heavy atom. The molecule has 0 aliphatic heterocycles. The highest BCUT2D eigenvalue weighted by Gasteiger charge is 1.93. The summed E-state index contributed by atoms with van der Waals surface area (Å²) in [6.07, 6.45) is 6.02. The molecule has 0 saturated heterocycles. The molecular weight excluding hydrogens is 332 g/mol. The molecule has 0 atom stereocenters. The molecule has 1 N–H and O–H groups in total. The van der Waals surface area contributed by atoms with Crippen molar-refractivity contribution in [2.45, 2.75) is 0 Å². The molecule has 0 fully saturated rings. The van der Waals surface area contributed by atoms with Gasteiger partial charge < -0.3 is 4.98 Å². The molecule has 0 spiro atoms. The predicted octanol–water partition coefficient (Wildman–Crippen LogP) is -1.16. The van der Waals surface area contributed by atoms with Crippen molar-refractivity contribution in [2.75, 3.05) is 0 Å². The van der Waals surface area contributed by atoms with Crippen LogP contribution in [0, 0.1) is 10.2 Å². The Morgan fingerprint density at radius 2 is 1.25 bits per heavy atom. The number of benzene rings is 1. The number of rotatable bonds is 0. The summed E-state index contributed by atoms with van der Waals surface area (Å²) >= 11 is 0. The largest absolute Gasteiger partial charge is 0.361 e. The van der Waals surface area contributed by atoms with E-state index >= 15 is 0 Å². The first-order valence-electron chi connectivity index (χ1n) is 6.92. The lowest BCUT2D eigenvalue weighted by molar-refractivity contribution is -2.00. The third kappa shape index (κ3) is 6.33. The van der Waals surface area contributed by atoms with Gasteiger partial charge in [-0.15, -0.1) is 10.2 Å². The minimum absolute atomic E-state index is 1.21. The Labute approximate surface area is 140 Å². The maximum Gasteiger partial charge on any atom is 0.210 e. The molecule has 4 rings (SSSR count). The van der Waals surface area contributed by atoms with E-state index in [2.05, 4.69) is 39.7 Å². The summed E-state index contributed by atoms with van der Waals surface area (Å²) in [6.45, 7) is 0. The fourth-order valence-electron chi connectivity index (χ4n) is 2.04. The van der Waals surface area contributed by atoms with Gasteiger partial charge in [0.1, 0.15) is 0 Å². The van der Waals surface area contributed by atoms with Gasteiger partial charge in [-0.2, -0.15) is 4.40 Å². The van der Waals surface area contributed by atoms with Crippen LogP contribution in [0.1, 0.15) is 0 Å². The summed E-state index contributed by atoms with van der Waals surface area (Å²) in [5.74, 6) is 0. The lowest BCUT2D eigenvalue weighted by atomic mass is 10.3. The van der Waals surface area contributed by atoms with E-state index in [1.807, 2.05) is 55.0 Å². The number of fused-ring (bicyclic) bond motifs is 2. The van der Waals surface area contributed by atoms with Gasteiger partial charge in [0.2, 0.25) is 5.52 Å². The Kier molecular flexibility index (Phi) is 6.25. The van der Waals surface area contributed by atoms with Gasteiger partial charge in [0.05, 0.1) is 0 Å². The van der Waals surface area contributed by atoms with E-state index < -0.39 is 10.2 Å². The summed E-state index contributed by atoms with van der Waals surface area (Å²) in [5, 5.41) is 1.28. The average molecular weight is 347 g/mol. The van der Waals surface area contributed by atoms with E-state index in [4.69, 9.17) is 18.6 Å². The quantitative estimate of drug-likeness (QED) is 0.404. The molecule has 6 nitrogen and oxygen atoms in total. The first-order chi connectivity index (χ1) is 11.4. The Bertz CT molecular complexity index is 788. The van der Waals surface area contributed by atoms with Gasteiger partial charge >= 0.3 is 0 Å². The van der Waals surface area contributed by atoms with Crippen molar-refractivity contribution >= 4 is 16.4 Å². The van der Waals surface area contributed by atoms with Gasteiger partial charge in [0.15, 0.2) is 12.4 Å². The van der Waals surface area contributed by atoms with E-state index in [-0.39, 0.29) is 0 Å². The Morgan fingerprint density at radius 1 is 0.708 bits per heavy atom. The van der Waals surface area contributed by atoms with Crippen LogP contribution in [0.2, 0.25) is 0 Å². The molecule has 3 aromatic heterocycles. The van der Waals surface area contributed by atoms with Crippen molar-refractivity contribution < 1.29 is 33.3 Å². The van der Waals surface area contributed by atoms with E-state index in [0.29, 0.717) is 0 Å². The van der Waals surface area contributed by atoms with Gasteiger partial charge in [-0.05, 0) is 29.7 Å². The molecule has 24 heavy (non-hydrogen) atoms. The number of halogens is 1. The second-order valence-electron chi connectivity index (χ2n) is 4.68. The van der Waals surface area contributed by atoms with Gasteiger partial charge in [-0.25, -0.2) is 18.6 Å². The van der Waals surface area contributed by atoms with Crippen molar-refractivity contribution in [1.29, 1.82) is 0 Å². The molecule has 124 valence electrons. The molecule has 0 bridgehead atoms. The summed E-state index contributed by atoms with van der Waals surface area (Å²) in [4.78, 5) is 3.12. The number of aromatic amines is 1. The van der Waals surface area contributed by atoms with Gasteiger partial charge in [-0.1, -0.05) is 18.2 Å². The van der Waals surface area contributed by atoms with Gasteiger partial charge in [0.25, 0.3) is 0 Å². The molecule has 0 radical (unpaired) electrons. The fourth-order valence-corrected chi connectivity index (χ4v) is 2.04. The molecule has 4 aromatic rings. The van der Waals surface area contributed by atoms with Gasteiger partial charge in [-0.3, -0.25) is 0 Å². The van der Waals surface area contributed by atoms with E-state index in [1.54, 1.807) is 0 Å². The van der Waals surface area contributed by atoms with Crippen molar-refractivity contribution in [1.82, 2.24) is 4.98 Å². The standard InChI is InChI=1S/C9H8N.C8H7N.ClHO4/c1-3-7-10-8-4-2-6-9(10)5-1;1-2-4-8-7(3-1)5-6-9-8;2-1(3,4)5/h1-8H;1-6,9H;(H,2,3,4,5)/q+1;;/p-1. The summed E-state index contributed by atoms with van der Waals surface area (Å²) in [7, 11) is -4.94. The topological polar surface area (TPSA) is 112 Å². The van der Waals surface area contributed by atoms with Crippen LogP contribution in [0.25, 0.3) is 16.4 Å². The van der Waals surface area contributed by atoms with Crippen molar-refractivity contribution in [3.05, 3.63) is 85.3 Å². The third-order valence-corrected chi connectivity index (χ3v) is 3.01. The number of aromatic nitrogens is 2. The first kappa shape index (κ1) is 17.9. The number of H-pyrrole nitrogens is 1. The number of para-hydroxylation sites is 1. The molecule has 7 heteroatoms. The van der Waals surface area contributed by atoms with Gasteiger partial charge in [0, 0.05) is 36.0 Å². The Balaban J connectivity index is 0.000000139. The lowest BCUT2D eigenvalue weighted by Crippen LogP contribution is -2.68. The minimum atomic E-state index is -4.94. The monoisotopic (exact) mass is 346 g/mol. The lowest BCUT2D eigenvalue weighted by Gasteiger charge is -2.17.